The number of piperidine rings is 1. The van der Waals surface area contributed by atoms with Gasteiger partial charge in [-0.15, -0.1) is 11.3 Å². The molecule has 1 aliphatic rings. The molecule has 0 amide bonds. The smallest absolute Gasteiger partial charge is 0.119 e. The van der Waals surface area contributed by atoms with E-state index in [1.807, 2.05) is 35.8 Å². The number of rotatable bonds is 6. The molecule has 138 valence electrons. The number of nitriles is 1. The summed E-state index contributed by atoms with van der Waals surface area (Å²) in [5.41, 5.74) is 3.80. The van der Waals surface area contributed by atoms with Gasteiger partial charge in [0.05, 0.1) is 29.4 Å². The lowest BCUT2D eigenvalue weighted by atomic mass is 9.94. The molecule has 3 aromatic rings. The second-order valence-electron chi connectivity index (χ2n) is 7.17. The number of benzene rings is 2. The summed E-state index contributed by atoms with van der Waals surface area (Å²) in [7, 11) is 0. The third-order valence-corrected chi connectivity index (χ3v) is 5.95. The zero-order chi connectivity index (χ0) is 18.5. The number of ether oxygens (including phenoxy) is 1. The predicted molar refractivity (Wildman–Crippen MR) is 109 cm³/mol. The number of hydrogen-bond donors (Lipinski definition) is 0. The van der Waals surface area contributed by atoms with E-state index in [0.29, 0.717) is 5.56 Å². The molecule has 5 heteroatoms. The summed E-state index contributed by atoms with van der Waals surface area (Å²) in [5.74, 6) is 1.66. The standard InChI is InChI=1S/C22H23N3OS/c23-13-18-1-2-20-12-22(4-3-19(20)11-18)26-10-7-17-5-8-25(9-6-17)14-21-15-27-16-24-21/h1-4,11-12,15-17H,5-10,14H2. The van der Waals surface area contributed by atoms with Crippen LogP contribution >= 0.6 is 11.3 Å². The van der Waals surface area contributed by atoms with Crippen molar-refractivity contribution < 1.29 is 4.74 Å². The quantitative estimate of drug-likeness (QED) is 0.616. The van der Waals surface area contributed by atoms with Gasteiger partial charge in [0, 0.05) is 11.9 Å². The van der Waals surface area contributed by atoms with E-state index in [-0.39, 0.29) is 0 Å². The topological polar surface area (TPSA) is 49.1 Å². The molecule has 1 aliphatic heterocycles. The van der Waals surface area contributed by atoms with E-state index in [4.69, 9.17) is 10.00 Å². The van der Waals surface area contributed by atoms with Crippen molar-refractivity contribution in [1.82, 2.24) is 9.88 Å². The molecule has 1 saturated heterocycles. The molecule has 0 radical (unpaired) electrons. The number of thiazole rings is 1. The molecule has 0 bridgehead atoms. The minimum absolute atomic E-state index is 0.692. The number of aromatic nitrogens is 1. The largest absolute Gasteiger partial charge is 0.494 e. The zero-order valence-corrected chi connectivity index (χ0v) is 16.1. The van der Waals surface area contributed by atoms with Gasteiger partial charge in [-0.3, -0.25) is 4.90 Å². The molecule has 0 aliphatic carbocycles. The van der Waals surface area contributed by atoms with E-state index in [1.54, 1.807) is 11.3 Å². The van der Waals surface area contributed by atoms with Crippen molar-refractivity contribution in [3.63, 3.8) is 0 Å². The number of likely N-dealkylation sites (tertiary alicyclic amines) is 1. The first-order chi connectivity index (χ1) is 13.3. The van der Waals surface area contributed by atoms with Crippen molar-refractivity contribution in [2.45, 2.75) is 25.8 Å². The lowest BCUT2D eigenvalue weighted by molar-refractivity contribution is 0.156. The minimum atomic E-state index is 0.692. The van der Waals surface area contributed by atoms with Gasteiger partial charge < -0.3 is 4.74 Å². The van der Waals surface area contributed by atoms with E-state index in [0.717, 1.165) is 55.1 Å². The van der Waals surface area contributed by atoms with Gasteiger partial charge in [-0.05, 0) is 73.3 Å². The molecule has 0 unspecified atom stereocenters. The van der Waals surface area contributed by atoms with Gasteiger partial charge in [-0.1, -0.05) is 12.1 Å². The molecule has 0 N–H and O–H groups in total. The van der Waals surface area contributed by atoms with Crippen LogP contribution in [0.4, 0.5) is 0 Å². The Balaban J connectivity index is 1.23. The van der Waals surface area contributed by atoms with E-state index in [9.17, 15) is 0 Å². The second kappa shape index (κ2) is 8.51. The SMILES string of the molecule is N#Cc1ccc2cc(OCCC3CCN(Cc4cscn4)CC3)ccc2c1. The highest BCUT2D eigenvalue weighted by molar-refractivity contribution is 7.07. The molecule has 2 heterocycles. The van der Waals surface area contributed by atoms with Crippen molar-refractivity contribution in [2.24, 2.45) is 5.92 Å². The van der Waals surface area contributed by atoms with Gasteiger partial charge in [-0.2, -0.15) is 5.26 Å². The Hall–Kier alpha value is -2.42. The van der Waals surface area contributed by atoms with Crippen molar-refractivity contribution in [3.8, 4) is 11.8 Å². The molecular weight excluding hydrogens is 354 g/mol. The molecule has 1 fully saturated rings. The van der Waals surface area contributed by atoms with E-state index < -0.39 is 0 Å². The average Bonchev–Trinajstić information content (AvgIpc) is 3.22. The van der Waals surface area contributed by atoms with E-state index in [2.05, 4.69) is 27.4 Å². The molecule has 0 saturated carbocycles. The molecular formula is C22H23N3OS. The van der Waals surface area contributed by atoms with Crippen molar-refractivity contribution in [2.75, 3.05) is 19.7 Å². The van der Waals surface area contributed by atoms with Crippen molar-refractivity contribution in [3.05, 3.63) is 58.5 Å². The molecule has 4 rings (SSSR count). The Bertz CT molecular complexity index is 924. The van der Waals surface area contributed by atoms with Crippen LogP contribution in [0.1, 0.15) is 30.5 Å². The van der Waals surface area contributed by atoms with Gasteiger partial charge in [0.1, 0.15) is 5.75 Å². The number of nitrogens with zero attached hydrogens (tertiary/aromatic N) is 3. The van der Waals surface area contributed by atoms with Crippen LogP contribution in [0.3, 0.4) is 0 Å². The van der Waals surface area contributed by atoms with Crippen LogP contribution in [-0.2, 0) is 6.54 Å². The first kappa shape index (κ1) is 18.0. The third-order valence-electron chi connectivity index (χ3n) is 5.31. The second-order valence-corrected chi connectivity index (χ2v) is 7.89. The zero-order valence-electron chi connectivity index (χ0n) is 15.3. The minimum Gasteiger partial charge on any atom is -0.494 e. The summed E-state index contributed by atoms with van der Waals surface area (Å²) in [6.45, 7) is 4.05. The highest BCUT2D eigenvalue weighted by Crippen LogP contribution is 2.24. The fourth-order valence-electron chi connectivity index (χ4n) is 3.70. The number of hydrogen-bond acceptors (Lipinski definition) is 5. The highest BCUT2D eigenvalue weighted by atomic mass is 32.1. The summed E-state index contributed by atoms with van der Waals surface area (Å²) in [6.07, 6.45) is 3.58. The highest BCUT2D eigenvalue weighted by Gasteiger charge is 2.19. The van der Waals surface area contributed by atoms with Gasteiger partial charge in [-0.25, -0.2) is 4.98 Å². The van der Waals surface area contributed by atoms with Crippen LogP contribution in [-0.4, -0.2) is 29.6 Å². The van der Waals surface area contributed by atoms with Crippen LogP contribution in [0.25, 0.3) is 10.8 Å². The normalized spacial score (nSPS) is 15.7. The van der Waals surface area contributed by atoms with Crippen molar-refractivity contribution in [1.29, 1.82) is 5.26 Å². The van der Waals surface area contributed by atoms with E-state index >= 15 is 0 Å². The first-order valence-electron chi connectivity index (χ1n) is 9.46. The fraction of sp³-hybridized carbons (Fsp3) is 0.364. The van der Waals surface area contributed by atoms with Gasteiger partial charge in [0.15, 0.2) is 0 Å². The lowest BCUT2D eigenvalue weighted by Gasteiger charge is -2.31. The van der Waals surface area contributed by atoms with Gasteiger partial charge >= 0.3 is 0 Å². The molecule has 2 aromatic carbocycles. The van der Waals surface area contributed by atoms with Gasteiger partial charge in [0.2, 0.25) is 0 Å². The Morgan fingerprint density at radius 2 is 1.96 bits per heavy atom. The summed E-state index contributed by atoms with van der Waals surface area (Å²) in [5, 5.41) is 13.3. The maximum absolute atomic E-state index is 8.99. The van der Waals surface area contributed by atoms with Crippen LogP contribution in [0.2, 0.25) is 0 Å². The third kappa shape index (κ3) is 4.65. The van der Waals surface area contributed by atoms with Crippen LogP contribution in [0.15, 0.2) is 47.3 Å². The summed E-state index contributed by atoms with van der Waals surface area (Å²) in [6, 6.07) is 14.0. The van der Waals surface area contributed by atoms with Crippen molar-refractivity contribution >= 4 is 22.1 Å². The Labute approximate surface area is 164 Å². The van der Waals surface area contributed by atoms with Crippen LogP contribution in [0, 0.1) is 17.2 Å². The molecule has 27 heavy (non-hydrogen) atoms. The Kier molecular flexibility index (Phi) is 5.66. The molecule has 1 aromatic heterocycles. The molecule has 0 spiro atoms. The van der Waals surface area contributed by atoms with Crippen LogP contribution in [0.5, 0.6) is 5.75 Å². The maximum atomic E-state index is 8.99. The predicted octanol–water partition coefficient (Wildman–Crippen LogP) is 4.85. The van der Waals surface area contributed by atoms with Gasteiger partial charge in [0.25, 0.3) is 0 Å². The Morgan fingerprint density at radius 3 is 2.74 bits per heavy atom. The summed E-state index contributed by atoms with van der Waals surface area (Å²) >= 11 is 1.67. The first-order valence-corrected chi connectivity index (χ1v) is 10.4. The molecule has 0 atom stereocenters. The maximum Gasteiger partial charge on any atom is 0.119 e. The fourth-order valence-corrected chi connectivity index (χ4v) is 4.25. The number of fused-ring (bicyclic) bond motifs is 1. The Morgan fingerprint density at radius 1 is 1.15 bits per heavy atom. The monoisotopic (exact) mass is 377 g/mol. The molecule has 4 nitrogen and oxygen atoms in total. The van der Waals surface area contributed by atoms with Crippen LogP contribution < -0.4 is 4.74 Å². The average molecular weight is 378 g/mol. The summed E-state index contributed by atoms with van der Waals surface area (Å²) < 4.78 is 6.00. The summed E-state index contributed by atoms with van der Waals surface area (Å²) in [4.78, 5) is 6.89. The van der Waals surface area contributed by atoms with E-state index in [1.165, 1.54) is 18.5 Å². The lowest BCUT2D eigenvalue weighted by Crippen LogP contribution is -2.33.